The molecule has 3 rings (SSSR count). The molecular formula is C17H17F2N3O4S. The first-order chi connectivity index (χ1) is 12.9. The van der Waals surface area contributed by atoms with Crippen LogP contribution < -0.4 is 4.74 Å². The monoisotopic (exact) mass is 397 g/mol. The van der Waals surface area contributed by atoms with Crippen LogP contribution in [0.5, 0.6) is 5.88 Å². The van der Waals surface area contributed by atoms with Gasteiger partial charge in [-0.25, -0.2) is 14.8 Å². The number of pyridine rings is 1. The van der Waals surface area contributed by atoms with Gasteiger partial charge in [0.05, 0.1) is 13.2 Å². The molecule has 1 fully saturated rings. The Labute approximate surface area is 157 Å². The van der Waals surface area contributed by atoms with Gasteiger partial charge in [-0.05, 0) is 25.8 Å². The summed E-state index contributed by atoms with van der Waals surface area (Å²) in [4.78, 5) is 34.5. The lowest BCUT2D eigenvalue weighted by Gasteiger charge is -2.23. The number of ether oxygens (including phenoxy) is 2. The molecule has 0 radical (unpaired) electrons. The van der Waals surface area contributed by atoms with Crippen LogP contribution in [0.15, 0.2) is 17.5 Å². The van der Waals surface area contributed by atoms with Crippen LogP contribution in [0.25, 0.3) is 0 Å². The number of aromatic nitrogens is 2. The highest BCUT2D eigenvalue weighted by molar-refractivity contribution is 7.09. The van der Waals surface area contributed by atoms with Crippen molar-refractivity contribution < 1.29 is 27.8 Å². The standard InChI is InChI=1S/C17H17F2N3O4S/c1-9-8-27-14(20-9)12-4-3-5-22(12)15(23)10-6-11(16(24)25-2)21-13(7-10)26-17(18)19/h6-8,12,17H,3-5H2,1-2H3/t12-/m1/s1. The molecule has 3 heterocycles. The van der Waals surface area contributed by atoms with Gasteiger partial charge < -0.3 is 14.4 Å². The number of hydrogen-bond acceptors (Lipinski definition) is 7. The first-order valence-electron chi connectivity index (χ1n) is 8.17. The first kappa shape index (κ1) is 19.2. The fourth-order valence-corrected chi connectivity index (χ4v) is 3.89. The van der Waals surface area contributed by atoms with Gasteiger partial charge in [0.15, 0.2) is 5.69 Å². The summed E-state index contributed by atoms with van der Waals surface area (Å²) in [5.41, 5.74) is 0.625. The van der Waals surface area contributed by atoms with E-state index in [1.165, 1.54) is 17.4 Å². The maximum Gasteiger partial charge on any atom is 0.388 e. The third-order valence-corrected chi connectivity index (χ3v) is 5.15. The average molecular weight is 397 g/mol. The van der Waals surface area contributed by atoms with E-state index in [1.54, 1.807) is 4.90 Å². The lowest BCUT2D eigenvalue weighted by atomic mass is 10.1. The van der Waals surface area contributed by atoms with Gasteiger partial charge in [-0.15, -0.1) is 11.3 Å². The Kier molecular flexibility index (Phi) is 5.64. The van der Waals surface area contributed by atoms with E-state index >= 15 is 0 Å². The highest BCUT2D eigenvalue weighted by Crippen LogP contribution is 2.35. The molecule has 1 saturated heterocycles. The molecule has 2 aromatic heterocycles. The smallest absolute Gasteiger partial charge is 0.388 e. The molecule has 27 heavy (non-hydrogen) atoms. The van der Waals surface area contributed by atoms with Crippen molar-refractivity contribution in [1.29, 1.82) is 0 Å². The summed E-state index contributed by atoms with van der Waals surface area (Å²) >= 11 is 1.47. The van der Waals surface area contributed by atoms with Gasteiger partial charge >= 0.3 is 12.6 Å². The number of halogens is 2. The summed E-state index contributed by atoms with van der Waals surface area (Å²) in [6.07, 6.45) is 1.55. The van der Waals surface area contributed by atoms with Gasteiger partial charge in [0.25, 0.3) is 5.91 Å². The van der Waals surface area contributed by atoms with Crippen molar-refractivity contribution in [1.82, 2.24) is 14.9 Å². The van der Waals surface area contributed by atoms with Crippen LogP contribution in [0, 0.1) is 6.92 Å². The number of carbonyl (C=O) groups excluding carboxylic acids is 2. The van der Waals surface area contributed by atoms with Crippen LogP contribution in [-0.2, 0) is 4.74 Å². The number of nitrogens with zero attached hydrogens (tertiary/aromatic N) is 3. The molecule has 0 unspecified atom stereocenters. The predicted molar refractivity (Wildman–Crippen MR) is 92.1 cm³/mol. The van der Waals surface area contributed by atoms with E-state index in [2.05, 4.69) is 19.4 Å². The molecule has 10 heteroatoms. The van der Waals surface area contributed by atoms with Crippen molar-refractivity contribution in [3.05, 3.63) is 39.5 Å². The molecule has 7 nitrogen and oxygen atoms in total. The zero-order valence-corrected chi connectivity index (χ0v) is 15.5. The van der Waals surface area contributed by atoms with Gasteiger partial charge in [0.2, 0.25) is 5.88 Å². The van der Waals surface area contributed by atoms with Crippen LogP contribution >= 0.6 is 11.3 Å². The van der Waals surface area contributed by atoms with Crippen LogP contribution in [0.1, 0.15) is 50.4 Å². The third kappa shape index (κ3) is 4.21. The average Bonchev–Trinajstić information content (AvgIpc) is 3.28. The van der Waals surface area contributed by atoms with E-state index in [0.29, 0.717) is 6.54 Å². The molecule has 1 amide bonds. The van der Waals surface area contributed by atoms with Gasteiger partial charge in [0.1, 0.15) is 5.01 Å². The molecular weight excluding hydrogens is 380 g/mol. The number of alkyl halides is 2. The van der Waals surface area contributed by atoms with E-state index in [-0.39, 0.29) is 17.3 Å². The minimum atomic E-state index is -3.13. The second-order valence-corrected chi connectivity index (χ2v) is 6.82. The maximum atomic E-state index is 13.0. The van der Waals surface area contributed by atoms with Crippen molar-refractivity contribution >= 4 is 23.2 Å². The Morgan fingerprint density at radius 3 is 2.74 bits per heavy atom. The Balaban J connectivity index is 1.93. The van der Waals surface area contributed by atoms with Crippen LogP contribution in [0.3, 0.4) is 0 Å². The molecule has 1 aliphatic heterocycles. The minimum Gasteiger partial charge on any atom is -0.464 e. The number of likely N-dealkylation sites (tertiary alicyclic amines) is 1. The third-order valence-electron chi connectivity index (χ3n) is 4.09. The molecule has 1 atom stereocenters. The lowest BCUT2D eigenvalue weighted by molar-refractivity contribution is -0.0530. The second kappa shape index (κ2) is 7.95. The topological polar surface area (TPSA) is 81.6 Å². The molecule has 0 N–H and O–H groups in total. The predicted octanol–water partition coefficient (Wildman–Crippen LogP) is 3.21. The number of carbonyl (C=O) groups is 2. The summed E-state index contributed by atoms with van der Waals surface area (Å²) in [5, 5.41) is 2.73. The zero-order chi connectivity index (χ0) is 19.6. The van der Waals surface area contributed by atoms with Crippen LogP contribution in [-0.4, -0.2) is 47.0 Å². The number of methoxy groups -OCH3 is 1. The molecule has 2 aromatic rings. The summed E-state index contributed by atoms with van der Waals surface area (Å²) in [6, 6.07) is 2.13. The number of amides is 1. The van der Waals surface area contributed by atoms with Crippen LogP contribution in [0.2, 0.25) is 0 Å². The van der Waals surface area contributed by atoms with E-state index < -0.39 is 24.4 Å². The normalized spacial score (nSPS) is 16.6. The molecule has 144 valence electrons. The van der Waals surface area contributed by atoms with E-state index in [4.69, 9.17) is 0 Å². The summed E-state index contributed by atoms with van der Waals surface area (Å²) < 4.78 is 34.0. The Hall–Kier alpha value is -2.62. The largest absolute Gasteiger partial charge is 0.464 e. The minimum absolute atomic E-state index is 0.0289. The molecule has 1 aliphatic rings. The molecule has 0 bridgehead atoms. The fourth-order valence-electron chi connectivity index (χ4n) is 2.95. The number of rotatable bonds is 5. The quantitative estimate of drug-likeness (QED) is 0.721. The number of hydrogen-bond donors (Lipinski definition) is 0. The SMILES string of the molecule is COC(=O)c1cc(C(=O)N2CCC[C@@H]2c2nc(C)cs2)cc(OC(F)F)n1. The van der Waals surface area contributed by atoms with Crippen molar-refractivity contribution in [2.45, 2.75) is 32.4 Å². The van der Waals surface area contributed by atoms with E-state index in [9.17, 15) is 18.4 Å². The van der Waals surface area contributed by atoms with Crippen molar-refractivity contribution in [3.8, 4) is 5.88 Å². The number of esters is 1. The maximum absolute atomic E-state index is 13.0. The molecule has 0 aliphatic carbocycles. The molecule has 0 spiro atoms. The molecule has 0 saturated carbocycles. The number of thiazole rings is 1. The fraction of sp³-hybridized carbons (Fsp3) is 0.412. The van der Waals surface area contributed by atoms with Gasteiger partial charge in [0, 0.05) is 29.2 Å². The lowest BCUT2D eigenvalue weighted by Crippen LogP contribution is -2.31. The molecule has 0 aromatic carbocycles. The second-order valence-electron chi connectivity index (χ2n) is 5.93. The summed E-state index contributed by atoms with van der Waals surface area (Å²) in [7, 11) is 1.13. The van der Waals surface area contributed by atoms with Crippen molar-refractivity contribution in [2.24, 2.45) is 0 Å². The zero-order valence-electron chi connectivity index (χ0n) is 14.6. The van der Waals surface area contributed by atoms with Gasteiger partial charge in [-0.1, -0.05) is 0 Å². The van der Waals surface area contributed by atoms with Gasteiger partial charge in [-0.3, -0.25) is 4.79 Å². The summed E-state index contributed by atoms with van der Waals surface area (Å²) in [5.74, 6) is -1.77. The first-order valence-corrected chi connectivity index (χ1v) is 9.05. The summed E-state index contributed by atoms with van der Waals surface area (Å²) in [6.45, 7) is -0.755. The highest BCUT2D eigenvalue weighted by Gasteiger charge is 2.33. The highest BCUT2D eigenvalue weighted by atomic mass is 32.1. The Bertz CT molecular complexity index is 858. The van der Waals surface area contributed by atoms with Crippen molar-refractivity contribution in [3.63, 3.8) is 0 Å². The van der Waals surface area contributed by atoms with Crippen LogP contribution in [0.4, 0.5) is 8.78 Å². The van der Waals surface area contributed by atoms with Crippen molar-refractivity contribution in [2.75, 3.05) is 13.7 Å². The Morgan fingerprint density at radius 1 is 1.33 bits per heavy atom. The Morgan fingerprint density at radius 2 is 2.11 bits per heavy atom. The van der Waals surface area contributed by atoms with Gasteiger partial charge in [-0.2, -0.15) is 8.78 Å². The van der Waals surface area contributed by atoms with E-state index in [0.717, 1.165) is 36.7 Å². The van der Waals surface area contributed by atoms with E-state index in [1.807, 2.05) is 12.3 Å². The number of aryl methyl sites for hydroxylation is 1.